The molecule has 0 aromatic heterocycles. The van der Waals surface area contributed by atoms with Crippen molar-refractivity contribution in [2.24, 2.45) is 0 Å². The molecule has 0 N–H and O–H groups in total. The van der Waals surface area contributed by atoms with E-state index in [4.69, 9.17) is 16.3 Å². The lowest BCUT2D eigenvalue weighted by molar-refractivity contribution is 0.118. The quantitative estimate of drug-likeness (QED) is 0.871. The molecular weight excluding hydrogens is 310 g/mol. The summed E-state index contributed by atoms with van der Waals surface area (Å²) in [6.07, 6.45) is -0.308. The van der Waals surface area contributed by atoms with Crippen molar-refractivity contribution in [2.75, 3.05) is 18.0 Å². The van der Waals surface area contributed by atoms with E-state index in [1.165, 1.54) is 4.31 Å². The lowest BCUT2D eigenvalue weighted by Crippen LogP contribution is -2.30. The summed E-state index contributed by atoms with van der Waals surface area (Å²) >= 11 is 6.00. The Morgan fingerprint density at radius 3 is 2.57 bits per heavy atom. The topological polar surface area (TPSA) is 46.6 Å². The van der Waals surface area contributed by atoms with Gasteiger partial charge in [-0.1, -0.05) is 29.8 Å². The van der Waals surface area contributed by atoms with Crippen LogP contribution in [0, 0.1) is 0 Å². The van der Waals surface area contributed by atoms with Crippen LogP contribution in [0.2, 0.25) is 5.02 Å². The second-order valence-corrected chi connectivity index (χ2v) is 7.08. The van der Waals surface area contributed by atoms with E-state index < -0.39 is 10.0 Å². The first-order chi connectivity index (χ1) is 10.0. The molecule has 1 atom stereocenters. The Morgan fingerprint density at radius 2 is 1.90 bits per heavy atom. The van der Waals surface area contributed by atoms with Crippen LogP contribution in [0.15, 0.2) is 53.4 Å². The number of hydrogen-bond donors (Lipinski definition) is 0. The number of ether oxygens (including phenoxy) is 1. The molecule has 2 aromatic carbocycles. The van der Waals surface area contributed by atoms with Gasteiger partial charge in [0.25, 0.3) is 10.0 Å². The molecule has 1 heterocycles. The number of nitrogens with zero attached hydrogens (tertiary/aromatic N) is 1. The molecule has 21 heavy (non-hydrogen) atoms. The van der Waals surface area contributed by atoms with Crippen LogP contribution in [0.5, 0.6) is 0 Å². The summed E-state index contributed by atoms with van der Waals surface area (Å²) in [5, 5.41) is 0.565. The Balaban J connectivity index is 2.10. The molecule has 1 unspecified atom stereocenters. The van der Waals surface area contributed by atoms with Gasteiger partial charge in [-0.2, -0.15) is 0 Å². The monoisotopic (exact) mass is 323 g/mol. The van der Waals surface area contributed by atoms with Gasteiger partial charge in [0, 0.05) is 17.7 Å². The van der Waals surface area contributed by atoms with E-state index in [0.29, 0.717) is 10.7 Å². The van der Waals surface area contributed by atoms with Gasteiger partial charge in [0.05, 0.1) is 17.1 Å². The lowest BCUT2D eigenvalue weighted by Gasteiger charge is -2.19. The van der Waals surface area contributed by atoms with Gasteiger partial charge in [-0.05, 0) is 30.3 Å². The van der Waals surface area contributed by atoms with E-state index in [1.54, 1.807) is 55.6 Å². The molecule has 0 bridgehead atoms. The summed E-state index contributed by atoms with van der Waals surface area (Å²) in [4.78, 5) is 0.266. The molecule has 0 fully saturated rings. The molecule has 0 amide bonds. The second kappa shape index (κ2) is 5.33. The van der Waals surface area contributed by atoms with Crippen molar-refractivity contribution >= 4 is 27.3 Å². The van der Waals surface area contributed by atoms with Crippen molar-refractivity contribution in [2.45, 2.75) is 11.0 Å². The maximum atomic E-state index is 12.8. The van der Waals surface area contributed by atoms with E-state index in [9.17, 15) is 8.42 Å². The van der Waals surface area contributed by atoms with Gasteiger partial charge in [0.1, 0.15) is 6.10 Å². The minimum atomic E-state index is -3.60. The highest BCUT2D eigenvalue weighted by atomic mass is 35.5. The highest BCUT2D eigenvalue weighted by molar-refractivity contribution is 7.92. The summed E-state index contributed by atoms with van der Waals surface area (Å²) in [5.41, 5.74) is 1.42. The Kier molecular flexibility index (Phi) is 3.65. The Morgan fingerprint density at radius 1 is 1.19 bits per heavy atom. The van der Waals surface area contributed by atoms with Gasteiger partial charge in [0.15, 0.2) is 0 Å². The Hall–Kier alpha value is -1.56. The first-order valence-electron chi connectivity index (χ1n) is 6.44. The minimum Gasteiger partial charge on any atom is -0.375 e. The molecule has 4 nitrogen and oxygen atoms in total. The van der Waals surface area contributed by atoms with Gasteiger partial charge in [-0.15, -0.1) is 0 Å². The number of methoxy groups -OCH3 is 1. The molecule has 0 saturated carbocycles. The van der Waals surface area contributed by atoms with Crippen molar-refractivity contribution in [3.8, 4) is 0 Å². The number of benzene rings is 2. The summed E-state index contributed by atoms with van der Waals surface area (Å²) in [5.74, 6) is 0. The van der Waals surface area contributed by atoms with Crippen LogP contribution >= 0.6 is 11.6 Å². The first kappa shape index (κ1) is 14.4. The van der Waals surface area contributed by atoms with Crippen LogP contribution in [0.25, 0.3) is 0 Å². The molecule has 2 aromatic rings. The lowest BCUT2D eigenvalue weighted by atomic mass is 10.1. The van der Waals surface area contributed by atoms with E-state index in [2.05, 4.69) is 0 Å². The fourth-order valence-electron chi connectivity index (χ4n) is 2.51. The van der Waals surface area contributed by atoms with Gasteiger partial charge in [-0.25, -0.2) is 8.42 Å². The summed E-state index contributed by atoms with van der Waals surface area (Å²) in [7, 11) is -2.03. The predicted octanol–water partition coefficient (Wildman–Crippen LogP) is 3.24. The maximum absolute atomic E-state index is 12.8. The zero-order valence-corrected chi connectivity index (χ0v) is 12.9. The molecule has 1 aliphatic heterocycles. The SMILES string of the molecule is COC1CN(S(=O)(=O)c2ccccc2)c2ccc(Cl)cc21. The number of halogens is 1. The average Bonchev–Trinajstić information content (AvgIpc) is 2.86. The van der Waals surface area contributed by atoms with Crippen molar-refractivity contribution in [3.63, 3.8) is 0 Å². The molecule has 0 saturated heterocycles. The van der Waals surface area contributed by atoms with E-state index in [1.807, 2.05) is 0 Å². The standard InChI is InChI=1S/C15H14ClNO3S/c1-20-15-10-17(14-8-7-11(16)9-13(14)15)21(18,19)12-5-3-2-4-6-12/h2-9,15H,10H2,1H3. The molecule has 3 rings (SSSR count). The van der Waals surface area contributed by atoms with Crippen LogP contribution < -0.4 is 4.31 Å². The molecule has 0 radical (unpaired) electrons. The van der Waals surface area contributed by atoms with Crippen molar-refractivity contribution in [3.05, 3.63) is 59.1 Å². The summed E-state index contributed by atoms with van der Waals surface area (Å²) < 4.78 is 32.3. The second-order valence-electron chi connectivity index (χ2n) is 4.78. The molecule has 0 spiro atoms. The number of hydrogen-bond acceptors (Lipinski definition) is 3. The fourth-order valence-corrected chi connectivity index (χ4v) is 4.20. The summed E-state index contributed by atoms with van der Waals surface area (Å²) in [6.45, 7) is 0.253. The van der Waals surface area contributed by atoms with E-state index in [0.717, 1.165) is 5.56 Å². The van der Waals surface area contributed by atoms with E-state index in [-0.39, 0.29) is 17.5 Å². The van der Waals surface area contributed by atoms with Gasteiger partial charge < -0.3 is 4.74 Å². The highest BCUT2D eigenvalue weighted by Gasteiger charge is 2.36. The van der Waals surface area contributed by atoms with Crippen molar-refractivity contribution in [1.82, 2.24) is 0 Å². The molecule has 110 valence electrons. The molecule has 1 aliphatic rings. The molecule has 0 aliphatic carbocycles. The zero-order chi connectivity index (χ0) is 15.0. The third kappa shape index (κ3) is 2.41. The van der Waals surface area contributed by atoms with Crippen LogP contribution in [0.4, 0.5) is 5.69 Å². The van der Waals surface area contributed by atoms with Crippen LogP contribution in [0.3, 0.4) is 0 Å². The van der Waals surface area contributed by atoms with Crippen molar-refractivity contribution < 1.29 is 13.2 Å². The normalized spacial score (nSPS) is 17.8. The van der Waals surface area contributed by atoms with Crippen LogP contribution in [-0.4, -0.2) is 22.1 Å². The predicted molar refractivity (Wildman–Crippen MR) is 82.2 cm³/mol. The number of rotatable bonds is 3. The van der Waals surface area contributed by atoms with Crippen LogP contribution in [-0.2, 0) is 14.8 Å². The fraction of sp³-hybridized carbons (Fsp3) is 0.200. The number of fused-ring (bicyclic) bond motifs is 1. The Labute approximate surface area is 129 Å². The van der Waals surface area contributed by atoms with Gasteiger partial charge in [-0.3, -0.25) is 4.31 Å². The van der Waals surface area contributed by atoms with Gasteiger partial charge in [0.2, 0.25) is 0 Å². The highest BCUT2D eigenvalue weighted by Crippen LogP contribution is 2.41. The third-order valence-corrected chi connectivity index (χ3v) is 5.58. The number of anilines is 1. The zero-order valence-electron chi connectivity index (χ0n) is 11.4. The average molecular weight is 324 g/mol. The van der Waals surface area contributed by atoms with Crippen LogP contribution in [0.1, 0.15) is 11.7 Å². The minimum absolute atomic E-state index is 0.253. The van der Waals surface area contributed by atoms with E-state index >= 15 is 0 Å². The molecular formula is C15H14ClNO3S. The summed E-state index contributed by atoms with van der Waals surface area (Å²) in [6, 6.07) is 13.5. The maximum Gasteiger partial charge on any atom is 0.264 e. The van der Waals surface area contributed by atoms with Gasteiger partial charge >= 0.3 is 0 Å². The first-order valence-corrected chi connectivity index (χ1v) is 8.26. The smallest absolute Gasteiger partial charge is 0.264 e. The Bertz CT molecular complexity index is 762. The number of sulfonamides is 1. The largest absolute Gasteiger partial charge is 0.375 e. The third-order valence-electron chi connectivity index (χ3n) is 3.55. The van der Waals surface area contributed by atoms with Crippen molar-refractivity contribution in [1.29, 1.82) is 0 Å². The molecule has 6 heteroatoms.